The van der Waals surface area contributed by atoms with Crippen LogP contribution in [0.15, 0.2) is 5.16 Å². The first kappa shape index (κ1) is 13.7. The van der Waals surface area contributed by atoms with E-state index in [0.717, 1.165) is 38.5 Å². The zero-order chi connectivity index (χ0) is 14.2. The van der Waals surface area contributed by atoms with E-state index < -0.39 is 5.41 Å². The monoisotopic (exact) mass is 280 g/mol. The Labute approximate surface area is 119 Å². The maximum absolute atomic E-state index is 12.7. The van der Waals surface area contributed by atoms with Crippen LogP contribution in [0.1, 0.15) is 32.1 Å². The lowest BCUT2D eigenvalue weighted by molar-refractivity contribution is -0.144. The molecule has 0 aromatic carbocycles. The molecule has 0 bridgehead atoms. The molecule has 2 saturated carbocycles. The molecule has 3 rings (SSSR count). The first-order chi connectivity index (χ1) is 9.65. The summed E-state index contributed by atoms with van der Waals surface area (Å²) in [4.78, 5) is 17.0. The number of carbonyl (C=O) groups excluding carboxylic acids is 1. The third kappa shape index (κ3) is 2.37. The molecule has 0 aromatic rings. The predicted octanol–water partition coefficient (Wildman–Crippen LogP) is 0.457. The molecule has 3 fully saturated rings. The third-order valence-electron chi connectivity index (χ3n) is 5.09. The molecule has 1 amide bonds. The molecule has 3 aliphatic rings. The van der Waals surface area contributed by atoms with Crippen LogP contribution < -0.4 is 5.73 Å². The van der Waals surface area contributed by atoms with Gasteiger partial charge in [-0.3, -0.25) is 9.69 Å². The molecule has 6 nitrogen and oxygen atoms in total. The number of hydrogen-bond acceptors (Lipinski definition) is 4. The Morgan fingerprint density at radius 1 is 1.25 bits per heavy atom. The summed E-state index contributed by atoms with van der Waals surface area (Å²) in [6.45, 7) is 4.63. The number of amidine groups is 1. The number of oxime groups is 1. The van der Waals surface area contributed by atoms with Gasteiger partial charge < -0.3 is 15.8 Å². The number of amides is 1. The average Bonchev–Trinajstić information content (AvgIpc) is 3.22. The largest absolute Gasteiger partial charge is 0.409 e. The normalized spacial score (nSPS) is 27.2. The van der Waals surface area contributed by atoms with Crippen molar-refractivity contribution in [3.05, 3.63) is 0 Å². The fraction of sp³-hybridized carbons (Fsp3) is 0.857. The number of piperazine rings is 1. The molecule has 0 unspecified atom stereocenters. The fourth-order valence-electron chi connectivity index (χ4n) is 3.31. The number of nitrogens with zero attached hydrogens (tertiary/aromatic N) is 3. The highest BCUT2D eigenvalue weighted by Crippen LogP contribution is 2.43. The summed E-state index contributed by atoms with van der Waals surface area (Å²) in [6.07, 6.45) is 5.13. The Bertz CT molecular complexity index is 407. The van der Waals surface area contributed by atoms with Crippen LogP contribution in [0.5, 0.6) is 0 Å². The van der Waals surface area contributed by atoms with Gasteiger partial charge in [-0.1, -0.05) is 11.6 Å². The third-order valence-corrected chi connectivity index (χ3v) is 5.09. The Hall–Kier alpha value is -1.30. The molecular weight excluding hydrogens is 256 g/mol. The zero-order valence-corrected chi connectivity index (χ0v) is 11.9. The summed E-state index contributed by atoms with van der Waals surface area (Å²) in [5, 5.41) is 12.0. The van der Waals surface area contributed by atoms with Gasteiger partial charge in [-0.05, 0) is 31.6 Å². The van der Waals surface area contributed by atoms with E-state index in [1.54, 1.807) is 0 Å². The highest BCUT2D eigenvalue weighted by Gasteiger charge is 2.50. The van der Waals surface area contributed by atoms with Crippen molar-refractivity contribution in [2.45, 2.75) is 32.1 Å². The van der Waals surface area contributed by atoms with Crippen LogP contribution in [0.25, 0.3) is 0 Å². The van der Waals surface area contributed by atoms with Crippen molar-refractivity contribution in [3.63, 3.8) is 0 Å². The summed E-state index contributed by atoms with van der Waals surface area (Å²) in [5.74, 6) is 1.05. The van der Waals surface area contributed by atoms with Crippen molar-refractivity contribution in [3.8, 4) is 0 Å². The van der Waals surface area contributed by atoms with Crippen LogP contribution in [-0.4, -0.2) is 59.5 Å². The summed E-state index contributed by atoms with van der Waals surface area (Å²) in [7, 11) is 0. The predicted molar refractivity (Wildman–Crippen MR) is 75.4 cm³/mol. The lowest BCUT2D eigenvalue weighted by Crippen LogP contribution is -2.59. The second-order valence-corrected chi connectivity index (χ2v) is 6.46. The lowest BCUT2D eigenvalue weighted by atomic mass is 9.66. The SMILES string of the molecule is NC(=NO)C1(C(=O)N2CCN(CC3CC3)CC2)CCC1. The minimum absolute atomic E-state index is 0.0603. The van der Waals surface area contributed by atoms with E-state index >= 15 is 0 Å². The number of carbonyl (C=O) groups is 1. The molecule has 0 atom stereocenters. The molecule has 6 heteroatoms. The standard InChI is InChI=1S/C14H24N4O2/c15-12(16-20)14(4-1-5-14)13(19)18-8-6-17(7-9-18)10-11-2-3-11/h11,20H,1-10H2,(H2,15,16). The topological polar surface area (TPSA) is 82.2 Å². The van der Waals surface area contributed by atoms with Crippen LogP contribution >= 0.6 is 0 Å². The molecule has 112 valence electrons. The fourth-order valence-corrected chi connectivity index (χ4v) is 3.31. The molecule has 1 heterocycles. The second-order valence-electron chi connectivity index (χ2n) is 6.46. The minimum Gasteiger partial charge on any atom is -0.409 e. The Morgan fingerprint density at radius 3 is 2.35 bits per heavy atom. The van der Waals surface area contributed by atoms with E-state index in [9.17, 15) is 4.79 Å². The zero-order valence-electron chi connectivity index (χ0n) is 11.9. The first-order valence-corrected chi connectivity index (χ1v) is 7.65. The molecule has 3 N–H and O–H groups in total. The van der Waals surface area contributed by atoms with Crippen LogP contribution in [0.4, 0.5) is 0 Å². The van der Waals surface area contributed by atoms with Gasteiger partial charge in [0, 0.05) is 32.7 Å². The molecule has 0 aromatic heterocycles. The average molecular weight is 280 g/mol. The smallest absolute Gasteiger partial charge is 0.236 e. The molecular formula is C14H24N4O2. The molecule has 1 aliphatic heterocycles. The molecule has 2 aliphatic carbocycles. The van der Waals surface area contributed by atoms with Gasteiger partial charge in [-0.15, -0.1) is 0 Å². The van der Waals surface area contributed by atoms with Crippen molar-refractivity contribution < 1.29 is 10.0 Å². The van der Waals surface area contributed by atoms with Crippen molar-refractivity contribution in [2.24, 2.45) is 22.2 Å². The van der Waals surface area contributed by atoms with E-state index in [1.807, 2.05) is 4.90 Å². The van der Waals surface area contributed by atoms with E-state index in [4.69, 9.17) is 10.9 Å². The van der Waals surface area contributed by atoms with Crippen LogP contribution in [-0.2, 0) is 4.79 Å². The summed E-state index contributed by atoms with van der Waals surface area (Å²) in [5.41, 5.74) is 5.05. The van der Waals surface area contributed by atoms with E-state index in [1.165, 1.54) is 19.4 Å². The van der Waals surface area contributed by atoms with Gasteiger partial charge in [0.2, 0.25) is 5.91 Å². The summed E-state index contributed by atoms with van der Waals surface area (Å²) >= 11 is 0. The van der Waals surface area contributed by atoms with Gasteiger partial charge >= 0.3 is 0 Å². The van der Waals surface area contributed by atoms with Crippen LogP contribution in [0.2, 0.25) is 0 Å². The molecule has 0 radical (unpaired) electrons. The van der Waals surface area contributed by atoms with Gasteiger partial charge in [0.15, 0.2) is 5.84 Å². The number of nitrogens with two attached hydrogens (primary N) is 1. The molecule has 0 spiro atoms. The summed E-state index contributed by atoms with van der Waals surface area (Å²) < 4.78 is 0. The van der Waals surface area contributed by atoms with Gasteiger partial charge in [0.1, 0.15) is 5.41 Å². The highest BCUT2D eigenvalue weighted by molar-refractivity contribution is 6.07. The minimum atomic E-state index is -0.715. The van der Waals surface area contributed by atoms with E-state index in [0.29, 0.717) is 12.8 Å². The van der Waals surface area contributed by atoms with Gasteiger partial charge in [0.05, 0.1) is 0 Å². The Morgan fingerprint density at radius 2 is 1.90 bits per heavy atom. The van der Waals surface area contributed by atoms with E-state index in [2.05, 4.69) is 10.1 Å². The van der Waals surface area contributed by atoms with E-state index in [-0.39, 0.29) is 11.7 Å². The van der Waals surface area contributed by atoms with Crippen molar-refractivity contribution >= 4 is 11.7 Å². The first-order valence-electron chi connectivity index (χ1n) is 7.65. The Balaban J connectivity index is 1.58. The Kier molecular flexibility index (Phi) is 3.58. The maximum atomic E-state index is 12.7. The van der Waals surface area contributed by atoms with Crippen molar-refractivity contribution in [1.82, 2.24) is 9.80 Å². The quantitative estimate of drug-likeness (QED) is 0.339. The lowest BCUT2D eigenvalue weighted by Gasteiger charge is -2.44. The van der Waals surface area contributed by atoms with Gasteiger partial charge in [-0.2, -0.15) is 0 Å². The van der Waals surface area contributed by atoms with Gasteiger partial charge in [0.25, 0.3) is 0 Å². The molecule has 1 saturated heterocycles. The van der Waals surface area contributed by atoms with Crippen molar-refractivity contribution in [2.75, 3.05) is 32.7 Å². The van der Waals surface area contributed by atoms with Crippen LogP contribution in [0.3, 0.4) is 0 Å². The maximum Gasteiger partial charge on any atom is 0.236 e. The molecule has 20 heavy (non-hydrogen) atoms. The summed E-state index contributed by atoms with van der Waals surface area (Å²) in [6, 6.07) is 0. The van der Waals surface area contributed by atoms with Crippen LogP contribution in [0, 0.1) is 11.3 Å². The van der Waals surface area contributed by atoms with Crippen molar-refractivity contribution in [1.29, 1.82) is 0 Å². The van der Waals surface area contributed by atoms with Gasteiger partial charge in [-0.25, -0.2) is 0 Å². The highest BCUT2D eigenvalue weighted by atomic mass is 16.4. The number of hydrogen-bond donors (Lipinski definition) is 2. The number of rotatable bonds is 4. The second kappa shape index (κ2) is 5.24.